The standard InChI is InChI=1S/C29H31N3O5S/c1-7-9-11-25-12-10-13-27(28(25)30-5)38(34,35)32-22(4)24(17-14-21(3)37-8-2)18-15-23-16-19-26(31-20-23)29(33)36-6/h9-14,16-17,19-20,32H,4-5,7-8H2,1-3,6H3/b11-9-,21-14+,24-17-. The number of aromatic nitrogens is 1. The zero-order valence-electron chi connectivity index (χ0n) is 21.9. The second-order valence-electron chi connectivity index (χ2n) is 7.71. The van der Waals surface area contributed by atoms with Crippen LogP contribution < -0.4 is 4.72 Å². The van der Waals surface area contributed by atoms with Crippen LogP contribution >= 0.6 is 0 Å². The van der Waals surface area contributed by atoms with E-state index in [0.29, 0.717) is 29.1 Å². The van der Waals surface area contributed by atoms with E-state index in [2.05, 4.69) is 44.6 Å². The number of hydrogen-bond donors (Lipinski definition) is 1. The van der Waals surface area contributed by atoms with Gasteiger partial charge in [-0.3, -0.25) is 9.71 Å². The number of methoxy groups -OCH3 is 1. The van der Waals surface area contributed by atoms with Gasteiger partial charge in [-0.15, -0.1) is 0 Å². The summed E-state index contributed by atoms with van der Waals surface area (Å²) in [6.07, 6.45) is 9.18. The van der Waals surface area contributed by atoms with Crippen molar-refractivity contribution in [3.05, 3.63) is 95.2 Å². The van der Waals surface area contributed by atoms with Crippen molar-refractivity contribution in [3.63, 3.8) is 0 Å². The van der Waals surface area contributed by atoms with Gasteiger partial charge in [0, 0.05) is 22.9 Å². The molecule has 1 heterocycles. The van der Waals surface area contributed by atoms with Crippen molar-refractivity contribution in [2.24, 2.45) is 4.99 Å². The lowest BCUT2D eigenvalue weighted by atomic mass is 10.1. The topological polar surface area (TPSA) is 107 Å². The Morgan fingerprint density at radius 2 is 1.97 bits per heavy atom. The Kier molecular flexibility index (Phi) is 11.3. The highest BCUT2D eigenvalue weighted by molar-refractivity contribution is 7.89. The van der Waals surface area contributed by atoms with E-state index in [1.165, 1.54) is 25.4 Å². The number of carbonyl (C=O) groups excluding carboxylic acids is 1. The maximum absolute atomic E-state index is 13.3. The van der Waals surface area contributed by atoms with Crippen molar-refractivity contribution in [3.8, 4) is 11.8 Å². The number of pyridine rings is 1. The third-order valence-electron chi connectivity index (χ3n) is 4.95. The van der Waals surface area contributed by atoms with Crippen LogP contribution in [-0.2, 0) is 19.5 Å². The summed E-state index contributed by atoms with van der Waals surface area (Å²) in [7, 11) is -2.82. The lowest BCUT2D eigenvalue weighted by Crippen LogP contribution is -2.23. The Labute approximate surface area is 224 Å². The molecule has 0 spiro atoms. The summed E-state index contributed by atoms with van der Waals surface area (Å²) >= 11 is 0. The van der Waals surface area contributed by atoms with Crippen LogP contribution in [0.3, 0.4) is 0 Å². The van der Waals surface area contributed by atoms with Gasteiger partial charge in [0.2, 0.25) is 0 Å². The smallest absolute Gasteiger partial charge is 0.356 e. The van der Waals surface area contributed by atoms with Crippen LogP contribution in [0, 0.1) is 11.8 Å². The van der Waals surface area contributed by atoms with Gasteiger partial charge in [0.15, 0.2) is 0 Å². The first kappa shape index (κ1) is 29.8. The highest BCUT2D eigenvalue weighted by Gasteiger charge is 2.21. The fraction of sp³-hybridized carbons (Fsp3) is 0.207. The van der Waals surface area contributed by atoms with Gasteiger partial charge in [-0.05, 0) is 57.3 Å². The van der Waals surface area contributed by atoms with Gasteiger partial charge in [-0.2, -0.15) is 0 Å². The number of esters is 1. The SMILES string of the molecule is C=Nc1c(/C=C\CC)cccc1S(=O)(=O)NC(=C)/C(C#Cc1ccc(C(=O)OC)nc1)=C\C=C(/C)OCC. The summed E-state index contributed by atoms with van der Waals surface area (Å²) < 4.78 is 39.3. The molecular weight excluding hydrogens is 502 g/mol. The van der Waals surface area contributed by atoms with Crippen LogP contribution in [0.5, 0.6) is 0 Å². The quantitative estimate of drug-likeness (QED) is 0.137. The zero-order chi connectivity index (χ0) is 28.1. The Morgan fingerprint density at radius 1 is 1.21 bits per heavy atom. The summed E-state index contributed by atoms with van der Waals surface area (Å²) in [5, 5.41) is 0. The highest BCUT2D eigenvalue weighted by atomic mass is 32.2. The number of para-hydroxylation sites is 1. The predicted molar refractivity (Wildman–Crippen MR) is 150 cm³/mol. The minimum Gasteiger partial charge on any atom is -0.499 e. The number of carbonyl (C=O) groups is 1. The minimum absolute atomic E-state index is 0.0390. The maximum Gasteiger partial charge on any atom is 0.356 e. The van der Waals surface area contributed by atoms with Gasteiger partial charge in [-0.1, -0.05) is 49.6 Å². The minimum atomic E-state index is -4.09. The number of hydrogen-bond acceptors (Lipinski definition) is 7. The van der Waals surface area contributed by atoms with E-state index < -0.39 is 16.0 Å². The van der Waals surface area contributed by atoms with E-state index in [-0.39, 0.29) is 22.0 Å². The normalized spacial score (nSPS) is 11.9. The fourth-order valence-corrected chi connectivity index (χ4v) is 4.34. The van der Waals surface area contributed by atoms with Gasteiger partial charge in [0.05, 0.1) is 30.9 Å². The second-order valence-corrected chi connectivity index (χ2v) is 9.36. The first-order chi connectivity index (χ1) is 18.2. The third-order valence-corrected chi connectivity index (χ3v) is 6.37. The molecule has 38 heavy (non-hydrogen) atoms. The number of benzene rings is 1. The van der Waals surface area contributed by atoms with Gasteiger partial charge in [0.1, 0.15) is 10.6 Å². The van der Waals surface area contributed by atoms with Crippen molar-refractivity contribution >= 4 is 34.5 Å². The predicted octanol–water partition coefficient (Wildman–Crippen LogP) is 5.33. The van der Waals surface area contributed by atoms with E-state index in [9.17, 15) is 13.2 Å². The molecule has 8 nitrogen and oxygen atoms in total. The van der Waals surface area contributed by atoms with Crippen LogP contribution in [0.4, 0.5) is 5.69 Å². The molecule has 198 valence electrons. The summed E-state index contributed by atoms with van der Waals surface area (Å²) in [4.78, 5) is 19.6. The summed E-state index contributed by atoms with van der Waals surface area (Å²) in [5.74, 6) is 5.88. The molecule has 0 amide bonds. The number of rotatable bonds is 11. The van der Waals surface area contributed by atoms with E-state index in [4.69, 9.17) is 4.74 Å². The molecular formula is C29H31N3O5S. The monoisotopic (exact) mass is 533 g/mol. The molecule has 0 unspecified atom stereocenters. The average Bonchev–Trinajstić information content (AvgIpc) is 2.91. The summed E-state index contributed by atoms with van der Waals surface area (Å²) in [6, 6.07) is 7.94. The molecule has 0 fully saturated rings. The van der Waals surface area contributed by atoms with E-state index in [0.717, 1.165) is 6.42 Å². The number of nitrogens with zero attached hydrogens (tertiary/aromatic N) is 2. The van der Waals surface area contributed by atoms with Crippen molar-refractivity contribution in [2.75, 3.05) is 13.7 Å². The van der Waals surface area contributed by atoms with Crippen molar-refractivity contribution < 1.29 is 22.7 Å². The Balaban J connectivity index is 2.46. The number of ether oxygens (including phenoxy) is 2. The van der Waals surface area contributed by atoms with Crippen molar-refractivity contribution in [2.45, 2.75) is 32.1 Å². The van der Waals surface area contributed by atoms with Crippen LogP contribution in [0.25, 0.3) is 6.08 Å². The van der Waals surface area contributed by atoms with Gasteiger partial charge in [-0.25, -0.2) is 18.2 Å². The largest absolute Gasteiger partial charge is 0.499 e. The van der Waals surface area contributed by atoms with Crippen molar-refractivity contribution in [1.82, 2.24) is 9.71 Å². The second kappa shape index (κ2) is 14.4. The van der Waals surface area contributed by atoms with Gasteiger partial charge < -0.3 is 9.47 Å². The molecule has 9 heteroatoms. The number of aliphatic imine (C=N–C) groups is 1. The van der Waals surface area contributed by atoms with Crippen molar-refractivity contribution in [1.29, 1.82) is 0 Å². The molecule has 1 aromatic carbocycles. The maximum atomic E-state index is 13.3. The first-order valence-corrected chi connectivity index (χ1v) is 13.2. The molecule has 0 saturated carbocycles. The third kappa shape index (κ3) is 8.32. The average molecular weight is 534 g/mol. The number of sulfonamides is 1. The molecule has 2 rings (SSSR count). The Hall–Kier alpha value is -4.42. The molecule has 0 saturated heterocycles. The fourth-order valence-electron chi connectivity index (χ4n) is 3.10. The lowest BCUT2D eigenvalue weighted by molar-refractivity contribution is 0.0594. The molecule has 1 aromatic heterocycles. The molecule has 2 aromatic rings. The van der Waals surface area contributed by atoms with Crippen LogP contribution in [-0.4, -0.2) is 39.8 Å². The van der Waals surface area contributed by atoms with Gasteiger partial charge >= 0.3 is 5.97 Å². The van der Waals surface area contributed by atoms with Crippen LogP contribution in [0.1, 0.15) is 48.8 Å². The van der Waals surface area contributed by atoms with E-state index in [1.54, 1.807) is 43.4 Å². The Morgan fingerprint density at radius 3 is 2.58 bits per heavy atom. The van der Waals surface area contributed by atoms with E-state index >= 15 is 0 Å². The van der Waals surface area contributed by atoms with Gasteiger partial charge in [0.25, 0.3) is 10.0 Å². The number of allylic oxidation sites excluding steroid dienone is 5. The highest BCUT2D eigenvalue weighted by Crippen LogP contribution is 2.30. The molecule has 0 radical (unpaired) electrons. The molecule has 0 bridgehead atoms. The molecule has 0 aliphatic heterocycles. The van der Waals surface area contributed by atoms with Crippen LogP contribution in [0.15, 0.2) is 88.3 Å². The molecule has 0 atom stereocenters. The molecule has 0 aliphatic rings. The summed E-state index contributed by atoms with van der Waals surface area (Å²) in [6.45, 7) is 13.5. The van der Waals surface area contributed by atoms with E-state index in [1.807, 2.05) is 19.9 Å². The zero-order valence-corrected chi connectivity index (χ0v) is 22.8. The lowest BCUT2D eigenvalue weighted by Gasteiger charge is -2.13. The molecule has 0 aliphatic carbocycles. The molecule has 1 N–H and O–H groups in total. The summed E-state index contributed by atoms with van der Waals surface area (Å²) in [5.41, 5.74) is 1.84. The van der Waals surface area contributed by atoms with Crippen LogP contribution in [0.2, 0.25) is 0 Å². The number of nitrogens with one attached hydrogen (secondary N) is 1. The Bertz CT molecular complexity index is 1440. The first-order valence-electron chi connectivity index (χ1n) is 11.7.